The first-order valence-corrected chi connectivity index (χ1v) is 6.41. The fourth-order valence-corrected chi connectivity index (χ4v) is 2.66. The molecule has 19 heavy (non-hydrogen) atoms. The maximum atomic E-state index is 12.4. The van der Waals surface area contributed by atoms with Crippen LogP contribution in [0.3, 0.4) is 0 Å². The van der Waals surface area contributed by atoms with Gasteiger partial charge >= 0.3 is 6.18 Å². The second-order valence-corrected chi connectivity index (χ2v) is 5.04. The molecule has 2 rings (SSSR count). The summed E-state index contributed by atoms with van der Waals surface area (Å²) in [6.45, 7) is 0. The van der Waals surface area contributed by atoms with E-state index in [1.54, 1.807) is 0 Å². The highest BCUT2D eigenvalue weighted by Gasteiger charge is 2.30. The van der Waals surface area contributed by atoms with E-state index in [-0.39, 0.29) is 18.4 Å². The molecule has 1 saturated carbocycles. The van der Waals surface area contributed by atoms with Crippen LogP contribution >= 0.6 is 12.4 Å². The Morgan fingerprint density at radius 3 is 2.00 bits per heavy atom. The summed E-state index contributed by atoms with van der Waals surface area (Å²) in [6.07, 6.45) is 1.51. The Bertz CT molecular complexity index is 383. The predicted molar refractivity (Wildman–Crippen MR) is 72.2 cm³/mol. The van der Waals surface area contributed by atoms with Gasteiger partial charge < -0.3 is 5.73 Å². The topological polar surface area (TPSA) is 26.0 Å². The fraction of sp³-hybridized carbons (Fsp3) is 0.571. The van der Waals surface area contributed by atoms with Crippen molar-refractivity contribution in [3.8, 4) is 0 Å². The Labute approximate surface area is 117 Å². The van der Waals surface area contributed by atoms with Gasteiger partial charge in [0.1, 0.15) is 0 Å². The number of benzene rings is 1. The molecule has 1 aliphatic rings. The van der Waals surface area contributed by atoms with Gasteiger partial charge in [0.2, 0.25) is 0 Å². The summed E-state index contributed by atoms with van der Waals surface area (Å²) in [6, 6.07) is 5.15. The Balaban J connectivity index is 0.00000180. The Morgan fingerprint density at radius 2 is 1.53 bits per heavy atom. The van der Waals surface area contributed by atoms with E-state index < -0.39 is 11.7 Å². The van der Waals surface area contributed by atoms with Gasteiger partial charge in [-0.2, -0.15) is 13.2 Å². The molecule has 0 saturated heterocycles. The van der Waals surface area contributed by atoms with Gasteiger partial charge in [0.25, 0.3) is 0 Å². The van der Waals surface area contributed by atoms with E-state index in [1.165, 1.54) is 31.4 Å². The molecule has 0 unspecified atom stereocenters. The van der Waals surface area contributed by atoms with Crippen molar-refractivity contribution in [2.45, 2.75) is 44.3 Å². The second-order valence-electron chi connectivity index (χ2n) is 5.04. The molecule has 0 amide bonds. The maximum Gasteiger partial charge on any atom is 0.416 e. The van der Waals surface area contributed by atoms with Gasteiger partial charge in [0, 0.05) is 6.04 Å². The van der Waals surface area contributed by atoms with E-state index in [0.29, 0.717) is 5.92 Å². The highest BCUT2D eigenvalue weighted by Crippen LogP contribution is 2.34. The van der Waals surface area contributed by atoms with Gasteiger partial charge in [-0.3, -0.25) is 0 Å². The molecule has 0 radical (unpaired) electrons. The van der Waals surface area contributed by atoms with Gasteiger partial charge in [-0.15, -0.1) is 12.4 Å². The summed E-state index contributed by atoms with van der Waals surface area (Å²) >= 11 is 0. The van der Waals surface area contributed by atoms with Crippen LogP contribution in [0.1, 0.15) is 49.3 Å². The van der Waals surface area contributed by atoms with Crippen molar-refractivity contribution in [2.75, 3.05) is 0 Å². The van der Waals surface area contributed by atoms with E-state index >= 15 is 0 Å². The third kappa shape index (κ3) is 4.11. The number of alkyl halides is 3. The predicted octanol–water partition coefficient (Wildman–Crippen LogP) is 4.71. The van der Waals surface area contributed by atoms with Crippen molar-refractivity contribution >= 4 is 12.4 Å². The third-order valence-corrected chi connectivity index (χ3v) is 3.78. The lowest BCUT2D eigenvalue weighted by Crippen LogP contribution is -2.23. The van der Waals surface area contributed by atoms with Crippen LogP contribution in [0.4, 0.5) is 13.2 Å². The standard InChI is InChI=1S/C14H18F3N.ClH/c15-14(16,17)12-8-6-11(7-9-12)13(18)10-4-2-1-3-5-10;/h6-10,13H,1-5,18H2;1H/t13-;/m0./s1. The molecule has 5 heteroatoms. The number of rotatable bonds is 2. The number of hydrogen-bond donors (Lipinski definition) is 1. The average molecular weight is 294 g/mol. The maximum absolute atomic E-state index is 12.4. The van der Waals surface area contributed by atoms with E-state index in [9.17, 15) is 13.2 Å². The first-order chi connectivity index (χ1) is 8.48. The molecule has 2 N–H and O–H groups in total. The molecule has 1 aromatic rings. The normalized spacial score (nSPS) is 18.7. The lowest BCUT2D eigenvalue weighted by Gasteiger charge is -2.27. The zero-order chi connectivity index (χ0) is 13.2. The highest BCUT2D eigenvalue weighted by atomic mass is 35.5. The van der Waals surface area contributed by atoms with E-state index in [0.717, 1.165) is 30.5 Å². The minimum absolute atomic E-state index is 0. The molecule has 1 aliphatic carbocycles. The lowest BCUT2D eigenvalue weighted by molar-refractivity contribution is -0.137. The first kappa shape index (κ1) is 16.3. The quantitative estimate of drug-likeness (QED) is 0.840. The zero-order valence-corrected chi connectivity index (χ0v) is 11.4. The van der Waals surface area contributed by atoms with Crippen molar-refractivity contribution in [3.63, 3.8) is 0 Å². The summed E-state index contributed by atoms with van der Waals surface area (Å²) in [4.78, 5) is 0. The highest BCUT2D eigenvalue weighted by molar-refractivity contribution is 5.85. The van der Waals surface area contributed by atoms with Gasteiger partial charge in [0.15, 0.2) is 0 Å². The van der Waals surface area contributed by atoms with Crippen molar-refractivity contribution in [1.82, 2.24) is 0 Å². The van der Waals surface area contributed by atoms with Gasteiger partial charge in [-0.25, -0.2) is 0 Å². The Kier molecular flexibility index (Phi) is 5.68. The van der Waals surface area contributed by atoms with Crippen LogP contribution in [0, 0.1) is 5.92 Å². The van der Waals surface area contributed by atoms with Crippen LogP contribution in [0.25, 0.3) is 0 Å². The van der Waals surface area contributed by atoms with Gasteiger partial charge in [0.05, 0.1) is 5.56 Å². The molecule has 1 fully saturated rings. The molecule has 0 spiro atoms. The minimum Gasteiger partial charge on any atom is -0.324 e. The first-order valence-electron chi connectivity index (χ1n) is 6.41. The van der Waals surface area contributed by atoms with Crippen molar-refractivity contribution in [1.29, 1.82) is 0 Å². The summed E-state index contributed by atoms with van der Waals surface area (Å²) < 4.78 is 37.3. The number of nitrogens with two attached hydrogens (primary N) is 1. The third-order valence-electron chi connectivity index (χ3n) is 3.78. The van der Waals surface area contributed by atoms with Crippen molar-refractivity contribution < 1.29 is 13.2 Å². The zero-order valence-electron chi connectivity index (χ0n) is 10.6. The van der Waals surface area contributed by atoms with Crippen molar-refractivity contribution in [2.24, 2.45) is 11.7 Å². The molecule has 0 aliphatic heterocycles. The van der Waals surface area contributed by atoms with E-state index in [4.69, 9.17) is 5.73 Å². The Hall–Kier alpha value is -0.740. The fourth-order valence-electron chi connectivity index (χ4n) is 2.66. The summed E-state index contributed by atoms with van der Waals surface area (Å²) in [7, 11) is 0. The van der Waals surface area contributed by atoms with Crippen LogP contribution in [-0.4, -0.2) is 0 Å². The molecule has 1 aromatic carbocycles. The van der Waals surface area contributed by atoms with Crippen LogP contribution < -0.4 is 5.73 Å². The van der Waals surface area contributed by atoms with Gasteiger partial charge in [-0.1, -0.05) is 31.4 Å². The molecule has 108 valence electrons. The lowest BCUT2D eigenvalue weighted by atomic mass is 9.81. The number of hydrogen-bond acceptors (Lipinski definition) is 1. The van der Waals surface area contributed by atoms with Crippen LogP contribution in [0.15, 0.2) is 24.3 Å². The van der Waals surface area contributed by atoms with Crippen LogP contribution in [0.2, 0.25) is 0 Å². The molecule has 1 nitrogen and oxygen atoms in total. The van der Waals surface area contributed by atoms with E-state index in [1.807, 2.05) is 0 Å². The van der Waals surface area contributed by atoms with Crippen molar-refractivity contribution in [3.05, 3.63) is 35.4 Å². The largest absolute Gasteiger partial charge is 0.416 e. The number of halogens is 4. The molecule has 0 heterocycles. The molecular weight excluding hydrogens is 275 g/mol. The van der Waals surface area contributed by atoms with Gasteiger partial charge in [-0.05, 0) is 36.5 Å². The summed E-state index contributed by atoms with van der Waals surface area (Å²) in [5, 5.41) is 0. The molecule has 1 atom stereocenters. The van der Waals surface area contributed by atoms with Crippen LogP contribution in [-0.2, 0) is 6.18 Å². The summed E-state index contributed by atoms with van der Waals surface area (Å²) in [5.74, 6) is 0.412. The Morgan fingerprint density at radius 1 is 1.00 bits per heavy atom. The monoisotopic (exact) mass is 293 g/mol. The molecular formula is C14H19ClF3N. The average Bonchev–Trinajstić information content (AvgIpc) is 2.38. The minimum atomic E-state index is -4.27. The van der Waals surface area contributed by atoms with E-state index in [2.05, 4.69) is 0 Å². The SMILES string of the molecule is Cl.N[C@H](c1ccc(C(F)(F)F)cc1)C1CCCCC1. The molecule has 0 bridgehead atoms. The second kappa shape index (κ2) is 6.62. The molecule has 0 aromatic heterocycles. The van der Waals surface area contributed by atoms with Crippen LogP contribution in [0.5, 0.6) is 0 Å². The smallest absolute Gasteiger partial charge is 0.324 e. The summed E-state index contributed by atoms with van der Waals surface area (Å²) in [5.41, 5.74) is 6.35.